The highest BCUT2D eigenvalue weighted by Crippen LogP contribution is 2.29. The van der Waals surface area contributed by atoms with E-state index in [0.29, 0.717) is 28.1 Å². The molecular weight excluding hydrogens is 404 g/mol. The number of carbonyl (C=O) groups is 1. The van der Waals surface area contributed by atoms with E-state index in [4.69, 9.17) is 9.15 Å². The number of furan rings is 1. The number of para-hydroxylation sites is 1. The fourth-order valence-electron chi connectivity index (χ4n) is 2.97. The van der Waals surface area contributed by atoms with Crippen LogP contribution in [0.5, 0.6) is 5.75 Å². The van der Waals surface area contributed by atoms with E-state index in [-0.39, 0.29) is 17.2 Å². The summed E-state index contributed by atoms with van der Waals surface area (Å²) in [5.41, 5.74) is 1.07. The standard InChI is InChI=1S/C21H20N4O4S/c1-3-13(2)14-7-4-5-8-15(14)29-19(27)12-30-21-23-20(16-9-6-10-28-16)22-17-11-18(26)24-25(17)21/h4-11,13H,3,12H2,1-2H3,(H,24,26). The number of hydrogen-bond acceptors (Lipinski definition) is 7. The molecule has 0 radical (unpaired) electrons. The Labute approximate surface area is 176 Å². The maximum Gasteiger partial charge on any atom is 0.321 e. The third-order valence-corrected chi connectivity index (χ3v) is 5.58. The molecule has 3 aromatic heterocycles. The van der Waals surface area contributed by atoms with Gasteiger partial charge in [0.25, 0.3) is 5.56 Å². The Balaban J connectivity index is 1.55. The van der Waals surface area contributed by atoms with Crippen LogP contribution in [0.1, 0.15) is 31.7 Å². The topological polar surface area (TPSA) is 102 Å². The summed E-state index contributed by atoms with van der Waals surface area (Å²) in [5, 5.41) is 3.04. The lowest BCUT2D eigenvalue weighted by atomic mass is 9.98. The molecule has 3 heterocycles. The third kappa shape index (κ3) is 4.16. The van der Waals surface area contributed by atoms with Crippen molar-refractivity contribution in [1.82, 2.24) is 19.6 Å². The van der Waals surface area contributed by atoms with E-state index in [1.54, 1.807) is 18.2 Å². The largest absolute Gasteiger partial charge is 0.461 e. The van der Waals surface area contributed by atoms with Gasteiger partial charge < -0.3 is 9.15 Å². The molecule has 4 aromatic rings. The van der Waals surface area contributed by atoms with Crippen LogP contribution in [0, 0.1) is 0 Å². The number of thioether (sulfide) groups is 1. The van der Waals surface area contributed by atoms with Crippen LogP contribution in [0.4, 0.5) is 0 Å². The number of rotatable bonds is 7. The van der Waals surface area contributed by atoms with Gasteiger partial charge >= 0.3 is 5.97 Å². The molecule has 1 aromatic carbocycles. The maximum absolute atomic E-state index is 12.5. The van der Waals surface area contributed by atoms with Crippen molar-refractivity contribution < 1.29 is 13.9 Å². The number of nitrogens with zero attached hydrogens (tertiary/aromatic N) is 3. The van der Waals surface area contributed by atoms with Crippen LogP contribution in [-0.2, 0) is 4.79 Å². The normalized spacial score (nSPS) is 12.2. The summed E-state index contributed by atoms with van der Waals surface area (Å²) in [5.74, 6) is 1.25. The molecular formula is C21H20N4O4S. The molecule has 9 heteroatoms. The molecule has 8 nitrogen and oxygen atoms in total. The average Bonchev–Trinajstić information content (AvgIpc) is 3.40. The predicted octanol–water partition coefficient (Wildman–Crippen LogP) is 3.89. The first kappa shape index (κ1) is 20.0. The zero-order valence-corrected chi connectivity index (χ0v) is 17.3. The van der Waals surface area contributed by atoms with Crippen LogP contribution in [0.3, 0.4) is 0 Å². The summed E-state index contributed by atoms with van der Waals surface area (Å²) in [6.07, 6.45) is 2.46. The zero-order valence-electron chi connectivity index (χ0n) is 16.5. The molecule has 0 aliphatic carbocycles. The SMILES string of the molecule is CCC(C)c1ccccc1OC(=O)CSc1nc(-c2ccco2)nc2cc(=O)[nH]n12. The fourth-order valence-corrected chi connectivity index (χ4v) is 3.70. The molecule has 1 N–H and O–H groups in total. The van der Waals surface area contributed by atoms with Crippen LogP contribution in [0.25, 0.3) is 17.2 Å². The van der Waals surface area contributed by atoms with E-state index in [0.717, 1.165) is 23.7 Å². The Morgan fingerprint density at radius 3 is 2.87 bits per heavy atom. The molecule has 1 atom stereocenters. The van der Waals surface area contributed by atoms with Gasteiger partial charge in [0.2, 0.25) is 0 Å². The van der Waals surface area contributed by atoms with Crippen LogP contribution in [-0.4, -0.2) is 31.3 Å². The van der Waals surface area contributed by atoms with E-state index >= 15 is 0 Å². The highest BCUT2D eigenvalue weighted by atomic mass is 32.2. The van der Waals surface area contributed by atoms with Crippen molar-refractivity contribution in [3.8, 4) is 17.3 Å². The van der Waals surface area contributed by atoms with Gasteiger partial charge in [-0.2, -0.15) is 4.98 Å². The first-order chi connectivity index (χ1) is 14.5. The number of esters is 1. The first-order valence-electron chi connectivity index (χ1n) is 9.51. The van der Waals surface area contributed by atoms with Crippen molar-refractivity contribution in [2.45, 2.75) is 31.3 Å². The second-order valence-electron chi connectivity index (χ2n) is 6.73. The molecule has 0 spiro atoms. The zero-order chi connectivity index (χ0) is 21.1. The van der Waals surface area contributed by atoms with Gasteiger partial charge in [-0.3, -0.25) is 14.7 Å². The first-order valence-corrected chi connectivity index (χ1v) is 10.5. The molecule has 0 fully saturated rings. The molecule has 0 saturated heterocycles. The van der Waals surface area contributed by atoms with Crippen molar-refractivity contribution in [3.63, 3.8) is 0 Å². The molecule has 0 saturated carbocycles. The summed E-state index contributed by atoms with van der Waals surface area (Å²) in [6.45, 7) is 4.19. The minimum absolute atomic E-state index is 0.0127. The number of nitrogens with one attached hydrogen (secondary N) is 1. The van der Waals surface area contributed by atoms with E-state index in [9.17, 15) is 9.59 Å². The minimum Gasteiger partial charge on any atom is -0.461 e. The second kappa shape index (κ2) is 8.58. The van der Waals surface area contributed by atoms with Crippen molar-refractivity contribution in [2.75, 3.05) is 5.75 Å². The number of ether oxygens (including phenoxy) is 1. The number of hydrogen-bond donors (Lipinski definition) is 1. The molecule has 0 bridgehead atoms. The van der Waals surface area contributed by atoms with Gasteiger partial charge in [-0.1, -0.05) is 43.8 Å². The van der Waals surface area contributed by atoms with Crippen molar-refractivity contribution in [3.05, 3.63) is 64.6 Å². The molecule has 0 aliphatic rings. The number of H-pyrrole nitrogens is 1. The molecule has 0 aliphatic heterocycles. The van der Waals surface area contributed by atoms with Crippen molar-refractivity contribution in [1.29, 1.82) is 0 Å². The minimum atomic E-state index is -0.406. The highest BCUT2D eigenvalue weighted by Gasteiger charge is 2.17. The quantitative estimate of drug-likeness (QED) is 0.273. The lowest BCUT2D eigenvalue weighted by Crippen LogP contribution is -2.14. The summed E-state index contributed by atoms with van der Waals surface area (Å²) in [7, 11) is 0. The van der Waals surface area contributed by atoms with Crippen LogP contribution >= 0.6 is 11.8 Å². The van der Waals surface area contributed by atoms with Crippen LogP contribution in [0.15, 0.2) is 63.1 Å². The van der Waals surface area contributed by atoms with Gasteiger partial charge in [0.05, 0.1) is 12.0 Å². The molecule has 30 heavy (non-hydrogen) atoms. The number of aromatic amines is 1. The average molecular weight is 424 g/mol. The molecule has 1 unspecified atom stereocenters. The Morgan fingerprint density at radius 1 is 1.27 bits per heavy atom. The summed E-state index contributed by atoms with van der Waals surface area (Å²) in [4.78, 5) is 33.1. The summed E-state index contributed by atoms with van der Waals surface area (Å²) < 4.78 is 12.4. The smallest absolute Gasteiger partial charge is 0.321 e. The lowest BCUT2D eigenvalue weighted by molar-refractivity contribution is -0.131. The van der Waals surface area contributed by atoms with Gasteiger partial charge in [-0.15, -0.1) is 0 Å². The van der Waals surface area contributed by atoms with Gasteiger partial charge in [0.15, 0.2) is 22.4 Å². The van der Waals surface area contributed by atoms with E-state index in [1.165, 1.54) is 16.8 Å². The molecule has 4 rings (SSSR count). The highest BCUT2D eigenvalue weighted by molar-refractivity contribution is 7.99. The maximum atomic E-state index is 12.5. The Bertz CT molecular complexity index is 1230. The third-order valence-electron chi connectivity index (χ3n) is 4.67. The van der Waals surface area contributed by atoms with Crippen LogP contribution < -0.4 is 10.3 Å². The number of fused-ring (bicyclic) bond motifs is 1. The number of carbonyl (C=O) groups excluding carboxylic acids is 1. The van der Waals surface area contributed by atoms with E-state index in [2.05, 4.69) is 28.9 Å². The summed E-state index contributed by atoms with van der Waals surface area (Å²) >= 11 is 1.15. The van der Waals surface area contributed by atoms with Crippen LogP contribution in [0.2, 0.25) is 0 Å². The van der Waals surface area contributed by atoms with E-state index in [1.807, 2.05) is 18.2 Å². The summed E-state index contributed by atoms with van der Waals surface area (Å²) in [6, 6.07) is 12.4. The predicted molar refractivity (Wildman–Crippen MR) is 113 cm³/mol. The monoisotopic (exact) mass is 424 g/mol. The number of aromatic nitrogens is 4. The Morgan fingerprint density at radius 2 is 2.10 bits per heavy atom. The molecule has 154 valence electrons. The molecule has 0 amide bonds. The van der Waals surface area contributed by atoms with Crippen molar-refractivity contribution >= 4 is 23.4 Å². The van der Waals surface area contributed by atoms with Crippen molar-refractivity contribution in [2.24, 2.45) is 0 Å². The van der Waals surface area contributed by atoms with Gasteiger partial charge in [0.1, 0.15) is 5.75 Å². The van der Waals surface area contributed by atoms with E-state index < -0.39 is 5.97 Å². The second-order valence-corrected chi connectivity index (χ2v) is 7.67. The Kier molecular flexibility index (Phi) is 5.71. The van der Waals surface area contributed by atoms with Gasteiger partial charge in [-0.05, 0) is 36.1 Å². The Hall–Kier alpha value is -3.33. The number of benzene rings is 1. The fraction of sp³-hybridized carbons (Fsp3) is 0.238. The van der Waals surface area contributed by atoms with Gasteiger partial charge in [-0.25, -0.2) is 9.50 Å². The lowest BCUT2D eigenvalue weighted by Gasteiger charge is -2.14. The van der Waals surface area contributed by atoms with Gasteiger partial charge in [0, 0.05) is 6.07 Å².